The molecule has 0 saturated heterocycles. The van der Waals surface area contributed by atoms with Gasteiger partial charge in [0.1, 0.15) is 5.75 Å². The Balaban J connectivity index is 1.99. The number of benzene rings is 1. The van der Waals surface area contributed by atoms with E-state index in [1.807, 2.05) is 51.1 Å². The fraction of sp³-hybridized carbons (Fsp3) is 0.250. The van der Waals surface area contributed by atoms with Gasteiger partial charge in [-0.25, -0.2) is 0 Å². The van der Waals surface area contributed by atoms with Crippen LogP contribution in [-0.4, -0.2) is 17.5 Å². The fourth-order valence-electron chi connectivity index (χ4n) is 2.09. The van der Waals surface area contributed by atoms with E-state index in [0.29, 0.717) is 5.75 Å². The van der Waals surface area contributed by atoms with Crippen LogP contribution in [0, 0.1) is 20.8 Å². The van der Waals surface area contributed by atoms with E-state index in [1.165, 1.54) is 0 Å². The Hall–Kier alpha value is -1.88. The van der Waals surface area contributed by atoms with Gasteiger partial charge in [-0.1, -0.05) is 22.0 Å². The molecule has 0 aliphatic heterocycles. The molecule has 0 saturated carbocycles. The first-order valence-electron chi connectivity index (χ1n) is 6.59. The van der Waals surface area contributed by atoms with Crippen molar-refractivity contribution in [3.8, 4) is 5.75 Å². The van der Waals surface area contributed by atoms with Gasteiger partial charge in [-0.05, 0) is 50.6 Å². The van der Waals surface area contributed by atoms with Gasteiger partial charge < -0.3 is 10.1 Å². The van der Waals surface area contributed by atoms with E-state index in [9.17, 15) is 4.79 Å². The van der Waals surface area contributed by atoms with Crippen LogP contribution in [0.15, 0.2) is 34.8 Å². The monoisotopic (exact) mass is 348 g/mol. The van der Waals surface area contributed by atoms with E-state index in [-0.39, 0.29) is 12.5 Å². The van der Waals surface area contributed by atoms with Gasteiger partial charge in [0.15, 0.2) is 6.61 Å². The van der Waals surface area contributed by atoms with Gasteiger partial charge in [0.2, 0.25) is 0 Å². The average Bonchev–Trinajstić information content (AvgIpc) is 2.40. The summed E-state index contributed by atoms with van der Waals surface area (Å²) in [5, 5.41) is 2.85. The summed E-state index contributed by atoms with van der Waals surface area (Å²) < 4.78 is 6.37. The smallest absolute Gasteiger partial charge is 0.262 e. The Morgan fingerprint density at radius 2 is 2.05 bits per heavy atom. The first-order valence-corrected chi connectivity index (χ1v) is 7.38. The molecule has 110 valence electrons. The molecule has 0 radical (unpaired) electrons. The average molecular weight is 349 g/mol. The summed E-state index contributed by atoms with van der Waals surface area (Å²) in [6, 6.07) is 9.32. The standard InChI is InChI=1S/C16H17BrN2O2/c1-10-7-11(2)18-12(3)16(10)19-15(20)9-21-14-6-4-5-13(17)8-14/h4-8H,9H2,1-3H3,(H,19,20). The highest BCUT2D eigenvalue weighted by Crippen LogP contribution is 2.20. The lowest BCUT2D eigenvalue weighted by atomic mass is 10.1. The zero-order chi connectivity index (χ0) is 15.4. The highest BCUT2D eigenvalue weighted by Gasteiger charge is 2.10. The molecule has 5 heteroatoms. The van der Waals surface area contributed by atoms with Crippen molar-refractivity contribution in [2.24, 2.45) is 0 Å². The van der Waals surface area contributed by atoms with E-state index in [2.05, 4.69) is 26.2 Å². The third-order valence-corrected chi connectivity index (χ3v) is 3.45. The summed E-state index contributed by atoms with van der Waals surface area (Å²) in [5.41, 5.74) is 3.50. The number of aromatic nitrogens is 1. The third kappa shape index (κ3) is 4.29. The minimum Gasteiger partial charge on any atom is -0.484 e. The van der Waals surface area contributed by atoms with Crippen molar-refractivity contribution in [2.45, 2.75) is 20.8 Å². The number of pyridine rings is 1. The molecular weight excluding hydrogens is 332 g/mol. The number of rotatable bonds is 4. The summed E-state index contributed by atoms with van der Waals surface area (Å²) in [5.74, 6) is 0.446. The van der Waals surface area contributed by atoms with Gasteiger partial charge >= 0.3 is 0 Å². The predicted octanol–water partition coefficient (Wildman–Crippen LogP) is 3.79. The number of halogens is 1. The summed E-state index contributed by atoms with van der Waals surface area (Å²) in [6.45, 7) is 5.72. The van der Waals surface area contributed by atoms with E-state index >= 15 is 0 Å². The summed E-state index contributed by atoms with van der Waals surface area (Å²) in [4.78, 5) is 16.3. The number of hydrogen-bond acceptors (Lipinski definition) is 3. The van der Waals surface area contributed by atoms with E-state index in [0.717, 1.165) is 27.1 Å². The first kappa shape index (κ1) is 15.5. The van der Waals surface area contributed by atoms with Crippen LogP contribution in [-0.2, 0) is 4.79 Å². The molecule has 1 N–H and O–H groups in total. The Morgan fingerprint density at radius 3 is 2.71 bits per heavy atom. The van der Waals surface area contributed by atoms with Crippen molar-refractivity contribution >= 4 is 27.5 Å². The molecule has 0 atom stereocenters. The van der Waals surface area contributed by atoms with Crippen LogP contribution in [0.5, 0.6) is 5.75 Å². The van der Waals surface area contributed by atoms with Gasteiger partial charge in [-0.3, -0.25) is 9.78 Å². The van der Waals surface area contributed by atoms with Gasteiger partial charge in [-0.2, -0.15) is 0 Å². The van der Waals surface area contributed by atoms with Crippen molar-refractivity contribution in [3.63, 3.8) is 0 Å². The van der Waals surface area contributed by atoms with Crippen LogP contribution in [0.2, 0.25) is 0 Å². The Labute approximate surface area is 132 Å². The number of hydrogen-bond donors (Lipinski definition) is 1. The maximum absolute atomic E-state index is 12.0. The quantitative estimate of drug-likeness (QED) is 0.914. The number of nitrogens with zero attached hydrogens (tertiary/aromatic N) is 1. The summed E-state index contributed by atoms with van der Waals surface area (Å²) in [6.07, 6.45) is 0. The minimum absolute atomic E-state index is 0.0385. The summed E-state index contributed by atoms with van der Waals surface area (Å²) >= 11 is 3.36. The Kier molecular flexibility index (Phi) is 4.96. The lowest BCUT2D eigenvalue weighted by molar-refractivity contribution is -0.118. The SMILES string of the molecule is Cc1cc(C)c(NC(=O)COc2cccc(Br)c2)c(C)n1. The molecule has 1 amide bonds. The van der Waals surface area contributed by atoms with Crippen LogP contribution in [0.25, 0.3) is 0 Å². The number of amides is 1. The van der Waals surface area contributed by atoms with Crippen molar-refractivity contribution in [1.29, 1.82) is 0 Å². The second kappa shape index (κ2) is 6.72. The fourth-order valence-corrected chi connectivity index (χ4v) is 2.47. The zero-order valence-corrected chi connectivity index (χ0v) is 13.8. The van der Waals surface area contributed by atoms with Crippen LogP contribution in [0.1, 0.15) is 17.0 Å². The number of anilines is 1. The molecule has 0 aliphatic carbocycles. The molecule has 1 aromatic heterocycles. The number of nitrogens with one attached hydrogen (secondary N) is 1. The molecule has 2 aromatic rings. The normalized spacial score (nSPS) is 10.3. The van der Waals surface area contributed by atoms with Gasteiger partial charge in [-0.15, -0.1) is 0 Å². The Morgan fingerprint density at radius 1 is 1.29 bits per heavy atom. The maximum Gasteiger partial charge on any atom is 0.262 e. The molecule has 0 fully saturated rings. The van der Waals surface area contributed by atoms with Crippen LogP contribution in [0.4, 0.5) is 5.69 Å². The first-order chi connectivity index (χ1) is 9.95. The highest BCUT2D eigenvalue weighted by atomic mass is 79.9. The van der Waals surface area contributed by atoms with Gasteiger partial charge in [0.05, 0.1) is 11.4 Å². The maximum atomic E-state index is 12.0. The molecule has 1 heterocycles. The second-order valence-corrected chi connectivity index (χ2v) is 5.75. The topological polar surface area (TPSA) is 51.2 Å². The van der Waals surface area contributed by atoms with E-state index in [1.54, 1.807) is 0 Å². The predicted molar refractivity (Wildman–Crippen MR) is 86.7 cm³/mol. The Bertz CT molecular complexity index is 648. The number of ether oxygens (including phenoxy) is 1. The second-order valence-electron chi connectivity index (χ2n) is 4.84. The molecule has 4 nitrogen and oxygen atoms in total. The van der Waals surface area contributed by atoms with Crippen LogP contribution >= 0.6 is 15.9 Å². The van der Waals surface area contributed by atoms with Gasteiger partial charge in [0.25, 0.3) is 5.91 Å². The number of aryl methyl sites for hydroxylation is 3. The van der Waals surface area contributed by atoms with Crippen molar-refractivity contribution in [2.75, 3.05) is 11.9 Å². The minimum atomic E-state index is -0.202. The molecule has 1 aromatic carbocycles. The highest BCUT2D eigenvalue weighted by molar-refractivity contribution is 9.10. The van der Waals surface area contributed by atoms with Crippen LogP contribution in [0.3, 0.4) is 0 Å². The van der Waals surface area contributed by atoms with Gasteiger partial charge in [0, 0.05) is 10.2 Å². The third-order valence-electron chi connectivity index (χ3n) is 2.96. The molecule has 0 spiro atoms. The molecule has 2 rings (SSSR count). The largest absolute Gasteiger partial charge is 0.484 e. The van der Waals surface area contributed by atoms with Crippen LogP contribution < -0.4 is 10.1 Å². The lowest BCUT2D eigenvalue weighted by Gasteiger charge is -2.12. The molecule has 0 unspecified atom stereocenters. The summed E-state index contributed by atoms with van der Waals surface area (Å²) in [7, 11) is 0. The molecule has 0 bridgehead atoms. The molecule has 0 aliphatic rings. The van der Waals surface area contributed by atoms with E-state index < -0.39 is 0 Å². The lowest BCUT2D eigenvalue weighted by Crippen LogP contribution is -2.21. The molecular formula is C16H17BrN2O2. The number of carbonyl (C=O) groups excluding carboxylic acids is 1. The zero-order valence-electron chi connectivity index (χ0n) is 12.2. The van der Waals surface area contributed by atoms with Crippen molar-refractivity contribution in [3.05, 3.63) is 51.8 Å². The molecule has 21 heavy (non-hydrogen) atoms. The number of carbonyl (C=O) groups is 1. The van der Waals surface area contributed by atoms with Crippen molar-refractivity contribution < 1.29 is 9.53 Å². The van der Waals surface area contributed by atoms with Crippen molar-refractivity contribution in [1.82, 2.24) is 4.98 Å². The van der Waals surface area contributed by atoms with E-state index in [4.69, 9.17) is 4.74 Å².